The van der Waals surface area contributed by atoms with Gasteiger partial charge in [-0.1, -0.05) is 5.21 Å². The molecule has 2 aromatic heterocycles. The number of hydrogen-bond donors (Lipinski definition) is 1. The minimum Gasteiger partial charge on any atom is -0.490 e. The fraction of sp³-hybridized carbons (Fsp3) is 0.353. The minimum atomic E-state index is 0.579. The number of nitrogens with zero attached hydrogens (tertiary/aromatic N) is 4. The van der Waals surface area contributed by atoms with E-state index in [2.05, 4.69) is 20.6 Å². The van der Waals surface area contributed by atoms with Crippen molar-refractivity contribution in [2.75, 3.05) is 18.5 Å². The van der Waals surface area contributed by atoms with Gasteiger partial charge < -0.3 is 14.8 Å². The molecule has 0 saturated heterocycles. The first kappa shape index (κ1) is 16.0. The Balaban J connectivity index is 1.95. The van der Waals surface area contributed by atoms with Crippen LogP contribution in [0.15, 0.2) is 30.6 Å². The number of aryl methyl sites for hydroxylation is 1. The largest absolute Gasteiger partial charge is 0.490 e. The second-order valence-electron chi connectivity index (χ2n) is 5.24. The van der Waals surface area contributed by atoms with E-state index in [9.17, 15) is 0 Å². The van der Waals surface area contributed by atoms with Crippen molar-refractivity contribution in [1.29, 1.82) is 0 Å². The standard InChI is InChI=1S/C17H21N5O2/c1-4-23-16-8-13-14(19-10-12-11-20-21-22(12)3)6-7-18-15(13)9-17(16)24-5-2/h6-9,11H,4-5,10H2,1-3H3,(H,18,19). The van der Waals surface area contributed by atoms with Crippen molar-refractivity contribution in [1.82, 2.24) is 20.0 Å². The SMILES string of the molecule is CCOc1cc2nccc(NCc3cnnn3C)c2cc1OCC. The molecule has 7 heteroatoms. The molecule has 0 spiro atoms. The van der Waals surface area contributed by atoms with Crippen LogP contribution in [0.2, 0.25) is 0 Å². The highest BCUT2D eigenvalue weighted by Crippen LogP contribution is 2.35. The third-order valence-corrected chi connectivity index (χ3v) is 3.67. The summed E-state index contributed by atoms with van der Waals surface area (Å²) in [6.45, 7) is 5.69. The van der Waals surface area contributed by atoms with E-state index in [-0.39, 0.29) is 0 Å². The lowest BCUT2D eigenvalue weighted by Gasteiger charge is -2.14. The number of rotatable bonds is 7. The minimum absolute atomic E-state index is 0.579. The molecule has 0 aliphatic carbocycles. The quantitative estimate of drug-likeness (QED) is 0.719. The summed E-state index contributed by atoms with van der Waals surface area (Å²) in [6.07, 6.45) is 3.53. The van der Waals surface area contributed by atoms with Crippen LogP contribution >= 0.6 is 0 Å². The van der Waals surface area contributed by atoms with Crippen LogP contribution in [0.5, 0.6) is 11.5 Å². The molecule has 3 aromatic rings. The highest BCUT2D eigenvalue weighted by molar-refractivity contribution is 5.93. The van der Waals surface area contributed by atoms with Crippen LogP contribution in [0.25, 0.3) is 10.9 Å². The molecule has 1 N–H and O–H groups in total. The van der Waals surface area contributed by atoms with Gasteiger partial charge >= 0.3 is 0 Å². The maximum absolute atomic E-state index is 5.72. The summed E-state index contributed by atoms with van der Waals surface area (Å²) in [7, 11) is 1.87. The van der Waals surface area contributed by atoms with E-state index in [0.717, 1.165) is 28.0 Å². The summed E-state index contributed by atoms with van der Waals surface area (Å²) < 4.78 is 13.1. The smallest absolute Gasteiger partial charge is 0.163 e. The van der Waals surface area contributed by atoms with Crippen LogP contribution in [0.1, 0.15) is 19.5 Å². The van der Waals surface area contributed by atoms with Crippen LogP contribution < -0.4 is 14.8 Å². The zero-order chi connectivity index (χ0) is 16.9. The molecular weight excluding hydrogens is 306 g/mol. The predicted molar refractivity (Wildman–Crippen MR) is 92.4 cm³/mol. The molecular formula is C17H21N5O2. The van der Waals surface area contributed by atoms with Crippen molar-refractivity contribution >= 4 is 16.6 Å². The van der Waals surface area contributed by atoms with E-state index < -0.39 is 0 Å². The van der Waals surface area contributed by atoms with E-state index in [1.807, 2.05) is 39.1 Å². The van der Waals surface area contributed by atoms with Gasteiger partial charge in [0.25, 0.3) is 0 Å². The van der Waals surface area contributed by atoms with Crippen LogP contribution in [0.4, 0.5) is 5.69 Å². The topological polar surface area (TPSA) is 74.1 Å². The fourth-order valence-corrected chi connectivity index (χ4v) is 2.50. The Kier molecular flexibility index (Phi) is 4.79. The summed E-state index contributed by atoms with van der Waals surface area (Å²) in [5.74, 6) is 1.44. The predicted octanol–water partition coefficient (Wildman–Crippen LogP) is 2.77. The number of nitrogens with one attached hydrogen (secondary N) is 1. The van der Waals surface area contributed by atoms with Crippen molar-refractivity contribution in [3.8, 4) is 11.5 Å². The Morgan fingerprint density at radius 2 is 1.88 bits per heavy atom. The number of anilines is 1. The van der Waals surface area contributed by atoms with Gasteiger partial charge in [0, 0.05) is 30.4 Å². The molecule has 0 aliphatic rings. The molecule has 0 aliphatic heterocycles. The second-order valence-corrected chi connectivity index (χ2v) is 5.24. The van der Waals surface area contributed by atoms with Crippen molar-refractivity contribution < 1.29 is 9.47 Å². The monoisotopic (exact) mass is 327 g/mol. The van der Waals surface area contributed by atoms with E-state index in [0.29, 0.717) is 25.5 Å². The molecule has 24 heavy (non-hydrogen) atoms. The van der Waals surface area contributed by atoms with E-state index in [1.165, 1.54) is 0 Å². The van der Waals surface area contributed by atoms with E-state index >= 15 is 0 Å². The number of benzene rings is 1. The molecule has 0 unspecified atom stereocenters. The fourth-order valence-electron chi connectivity index (χ4n) is 2.50. The number of pyridine rings is 1. The normalized spacial score (nSPS) is 10.8. The maximum atomic E-state index is 5.72. The summed E-state index contributed by atoms with van der Waals surface area (Å²) in [6, 6.07) is 5.84. The molecule has 126 valence electrons. The summed E-state index contributed by atoms with van der Waals surface area (Å²) in [4.78, 5) is 4.44. The Morgan fingerprint density at radius 3 is 2.54 bits per heavy atom. The van der Waals surface area contributed by atoms with Gasteiger partial charge in [-0.3, -0.25) is 9.67 Å². The number of hydrogen-bond acceptors (Lipinski definition) is 6. The van der Waals surface area contributed by atoms with Gasteiger partial charge in [-0.05, 0) is 26.0 Å². The number of fused-ring (bicyclic) bond motifs is 1. The highest BCUT2D eigenvalue weighted by Gasteiger charge is 2.11. The Morgan fingerprint density at radius 1 is 1.12 bits per heavy atom. The second kappa shape index (κ2) is 7.16. The Bertz CT molecular complexity index is 831. The molecule has 0 amide bonds. The number of aromatic nitrogens is 4. The van der Waals surface area contributed by atoms with Gasteiger partial charge in [0.05, 0.1) is 37.2 Å². The van der Waals surface area contributed by atoms with Gasteiger partial charge in [0.15, 0.2) is 11.5 Å². The number of ether oxygens (including phenoxy) is 2. The van der Waals surface area contributed by atoms with E-state index in [1.54, 1.807) is 17.1 Å². The summed E-state index contributed by atoms with van der Waals surface area (Å²) in [5.41, 5.74) is 2.83. The Hall–Kier alpha value is -2.83. The lowest BCUT2D eigenvalue weighted by molar-refractivity contribution is 0.288. The van der Waals surface area contributed by atoms with Crippen molar-refractivity contribution in [3.63, 3.8) is 0 Å². The van der Waals surface area contributed by atoms with Gasteiger partial charge in [-0.15, -0.1) is 5.10 Å². The lowest BCUT2D eigenvalue weighted by Crippen LogP contribution is -2.06. The van der Waals surface area contributed by atoms with Gasteiger partial charge in [-0.25, -0.2) is 0 Å². The average Bonchev–Trinajstić information content (AvgIpc) is 2.99. The molecule has 1 aromatic carbocycles. The maximum Gasteiger partial charge on any atom is 0.163 e. The van der Waals surface area contributed by atoms with Crippen LogP contribution in [-0.4, -0.2) is 33.2 Å². The molecule has 7 nitrogen and oxygen atoms in total. The molecule has 0 saturated carbocycles. The molecule has 0 bridgehead atoms. The van der Waals surface area contributed by atoms with Crippen LogP contribution in [-0.2, 0) is 13.6 Å². The Labute approximate surface area is 140 Å². The van der Waals surface area contributed by atoms with Crippen molar-refractivity contribution in [2.24, 2.45) is 7.05 Å². The third-order valence-electron chi connectivity index (χ3n) is 3.67. The van der Waals surface area contributed by atoms with Crippen LogP contribution in [0.3, 0.4) is 0 Å². The summed E-state index contributed by atoms with van der Waals surface area (Å²) in [5, 5.41) is 12.2. The zero-order valence-electron chi connectivity index (χ0n) is 14.1. The van der Waals surface area contributed by atoms with Gasteiger partial charge in [0.1, 0.15) is 0 Å². The van der Waals surface area contributed by atoms with Gasteiger partial charge in [0.2, 0.25) is 0 Å². The lowest BCUT2D eigenvalue weighted by atomic mass is 10.1. The van der Waals surface area contributed by atoms with Crippen molar-refractivity contribution in [3.05, 3.63) is 36.3 Å². The third kappa shape index (κ3) is 3.24. The molecule has 0 atom stereocenters. The molecule has 3 rings (SSSR count). The molecule has 0 fully saturated rings. The van der Waals surface area contributed by atoms with E-state index in [4.69, 9.17) is 9.47 Å². The van der Waals surface area contributed by atoms with Gasteiger partial charge in [-0.2, -0.15) is 0 Å². The first-order chi connectivity index (χ1) is 11.7. The first-order valence-corrected chi connectivity index (χ1v) is 7.98. The van der Waals surface area contributed by atoms with Crippen LogP contribution in [0, 0.1) is 0 Å². The molecule has 2 heterocycles. The summed E-state index contributed by atoms with van der Waals surface area (Å²) >= 11 is 0. The average molecular weight is 327 g/mol. The first-order valence-electron chi connectivity index (χ1n) is 7.98. The van der Waals surface area contributed by atoms with Crippen molar-refractivity contribution in [2.45, 2.75) is 20.4 Å². The molecule has 0 radical (unpaired) electrons. The zero-order valence-corrected chi connectivity index (χ0v) is 14.1. The highest BCUT2D eigenvalue weighted by atomic mass is 16.5.